The van der Waals surface area contributed by atoms with Crippen LogP contribution in [0.5, 0.6) is 0 Å². The molecule has 1 fully saturated rings. The van der Waals surface area contributed by atoms with Crippen LogP contribution < -0.4 is 5.32 Å². The Morgan fingerprint density at radius 2 is 1.82 bits per heavy atom. The van der Waals surface area contributed by atoms with Crippen LogP contribution in [-0.4, -0.2) is 60.2 Å². The number of nitrogens with one attached hydrogen (secondary N) is 1. The lowest BCUT2D eigenvalue weighted by Gasteiger charge is -2.25. The van der Waals surface area contributed by atoms with Crippen LogP contribution in [-0.2, 0) is 24.4 Å². The molecule has 5 rings (SSSR count). The summed E-state index contributed by atoms with van der Waals surface area (Å²) in [6, 6.07) is 13.1. The fraction of sp³-hybridized carbons (Fsp3) is 0.360. The highest BCUT2D eigenvalue weighted by atomic mass is 32.1. The van der Waals surface area contributed by atoms with Gasteiger partial charge in [-0.05, 0) is 36.7 Å². The van der Waals surface area contributed by atoms with Gasteiger partial charge in [0.2, 0.25) is 0 Å². The van der Waals surface area contributed by atoms with Crippen LogP contribution in [0.25, 0.3) is 20.7 Å². The topological polar surface area (TPSA) is 53.5 Å². The number of benzene rings is 1. The van der Waals surface area contributed by atoms with Crippen molar-refractivity contribution in [2.24, 2.45) is 0 Å². The maximum atomic E-state index is 5.50. The van der Waals surface area contributed by atoms with Crippen molar-refractivity contribution < 1.29 is 4.74 Å². The molecule has 0 saturated carbocycles. The Labute approximate surface area is 202 Å². The molecule has 8 heteroatoms. The average Bonchev–Trinajstić information content (AvgIpc) is 3.49. The first-order valence-corrected chi connectivity index (χ1v) is 13.0. The Kier molecular flexibility index (Phi) is 6.99. The van der Waals surface area contributed by atoms with Gasteiger partial charge in [0.15, 0.2) is 0 Å². The van der Waals surface area contributed by atoms with Crippen LogP contribution >= 0.6 is 22.7 Å². The van der Waals surface area contributed by atoms with Gasteiger partial charge in [0, 0.05) is 42.0 Å². The molecular weight excluding hydrogens is 450 g/mol. The molecule has 1 aliphatic heterocycles. The van der Waals surface area contributed by atoms with Crippen molar-refractivity contribution in [1.82, 2.24) is 19.8 Å². The molecule has 0 spiro atoms. The summed E-state index contributed by atoms with van der Waals surface area (Å²) in [5.41, 5.74) is 3.78. The molecule has 0 amide bonds. The molecule has 0 bridgehead atoms. The number of morpholine rings is 1. The zero-order chi connectivity index (χ0) is 22.6. The van der Waals surface area contributed by atoms with Gasteiger partial charge < -0.3 is 15.0 Å². The summed E-state index contributed by atoms with van der Waals surface area (Å²) >= 11 is 3.45. The quantitative estimate of drug-likeness (QED) is 0.387. The highest BCUT2D eigenvalue weighted by molar-refractivity contribution is 7.18. The van der Waals surface area contributed by atoms with Gasteiger partial charge in [0.25, 0.3) is 0 Å². The summed E-state index contributed by atoms with van der Waals surface area (Å²) in [6.07, 6.45) is 0. The molecule has 4 aromatic rings. The fourth-order valence-corrected chi connectivity index (χ4v) is 5.85. The van der Waals surface area contributed by atoms with E-state index < -0.39 is 0 Å². The van der Waals surface area contributed by atoms with Crippen LogP contribution in [0.3, 0.4) is 0 Å². The summed E-state index contributed by atoms with van der Waals surface area (Å²) in [4.78, 5) is 16.8. The van der Waals surface area contributed by atoms with Gasteiger partial charge in [-0.3, -0.25) is 4.90 Å². The van der Waals surface area contributed by atoms with Gasteiger partial charge in [0.1, 0.15) is 16.5 Å². The number of aromatic nitrogens is 2. The summed E-state index contributed by atoms with van der Waals surface area (Å²) in [5, 5.41) is 9.09. The molecule has 0 unspecified atom stereocenters. The second kappa shape index (κ2) is 10.3. The second-order valence-electron chi connectivity index (χ2n) is 8.59. The standard InChI is InChI=1S/C25H29N5OS2/c1-29(2)15-19-7-5-18(6-8-19)14-26-24-23-20(21-4-3-13-32-21)17-33-25(23)28-22(27-24)16-30-9-11-31-12-10-30/h3-8,13,17H,9-12,14-16H2,1-2H3,(H,26,27,28). The molecule has 4 heterocycles. The maximum absolute atomic E-state index is 5.50. The van der Waals surface area contributed by atoms with Crippen molar-refractivity contribution in [3.63, 3.8) is 0 Å². The first kappa shape index (κ1) is 22.4. The second-order valence-corrected chi connectivity index (χ2v) is 10.4. The summed E-state index contributed by atoms with van der Waals surface area (Å²) in [7, 11) is 4.19. The lowest BCUT2D eigenvalue weighted by molar-refractivity contribution is 0.0331. The van der Waals surface area contributed by atoms with Crippen molar-refractivity contribution in [3.05, 3.63) is 64.1 Å². The van der Waals surface area contributed by atoms with E-state index in [1.807, 2.05) is 0 Å². The molecule has 1 N–H and O–H groups in total. The number of hydrogen-bond donors (Lipinski definition) is 1. The van der Waals surface area contributed by atoms with E-state index in [2.05, 4.69) is 76.4 Å². The molecule has 0 atom stereocenters. The lowest BCUT2D eigenvalue weighted by atomic mass is 10.1. The zero-order valence-electron chi connectivity index (χ0n) is 19.1. The minimum Gasteiger partial charge on any atom is -0.379 e. The van der Waals surface area contributed by atoms with Gasteiger partial charge in [-0.25, -0.2) is 9.97 Å². The van der Waals surface area contributed by atoms with E-state index in [4.69, 9.17) is 14.7 Å². The third kappa shape index (κ3) is 5.42. The van der Waals surface area contributed by atoms with E-state index in [-0.39, 0.29) is 0 Å². The molecule has 3 aromatic heterocycles. The third-order valence-electron chi connectivity index (χ3n) is 5.72. The molecule has 33 heavy (non-hydrogen) atoms. The summed E-state index contributed by atoms with van der Waals surface area (Å²) in [6.45, 7) is 5.83. The first-order valence-electron chi connectivity index (χ1n) is 11.2. The largest absolute Gasteiger partial charge is 0.379 e. The normalized spacial score (nSPS) is 14.9. The Hall–Kier alpha value is -2.36. The van der Waals surface area contributed by atoms with Crippen molar-refractivity contribution >= 4 is 38.7 Å². The number of ether oxygens (including phenoxy) is 1. The Bertz CT molecular complexity index is 1180. The molecule has 0 aliphatic carbocycles. The van der Waals surface area contributed by atoms with Crippen LogP contribution in [0.1, 0.15) is 17.0 Å². The van der Waals surface area contributed by atoms with Gasteiger partial charge >= 0.3 is 0 Å². The predicted octanol–water partition coefficient (Wildman–Crippen LogP) is 4.93. The molecule has 1 saturated heterocycles. The molecule has 0 radical (unpaired) electrons. The fourth-order valence-electron chi connectivity index (χ4n) is 4.07. The number of nitrogens with zero attached hydrogens (tertiary/aromatic N) is 4. The molecule has 172 valence electrons. The van der Waals surface area contributed by atoms with Crippen LogP contribution in [0, 0.1) is 0 Å². The van der Waals surface area contributed by atoms with Gasteiger partial charge in [-0.2, -0.15) is 0 Å². The minimum absolute atomic E-state index is 0.727. The smallest absolute Gasteiger partial charge is 0.146 e. The number of fused-ring (bicyclic) bond motifs is 1. The van der Waals surface area contributed by atoms with Crippen LogP contribution in [0.2, 0.25) is 0 Å². The number of rotatable bonds is 8. The first-order chi connectivity index (χ1) is 16.2. The highest BCUT2D eigenvalue weighted by Crippen LogP contribution is 2.39. The third-order valence-corrected chi connectivity index (χ3v) is 7.49. The molecule has 6 nitrogen and oxygen atoms in total. The highest BCUT2D eigenvalue weighted by Gasteiger charge is 2.18. The van der Waals surface area contributed by atoms with Crippen molar-refractivity contribution in [2.45, 2.75) is 19.6 Å². The van der Waals surface area contributed by atoms with Crippen LogP contribution in [0.4, 0.5) is 5.82 Å². The van der Waals surface area contributed by atoms with Gasteiger partial charge in [-0.1, -0.05) is 30.3 Å². The van der Waals surface area contributed by atoms with E-state index >= 15 is 0 Å². The van der Waals surface area contributed by atoms with E-state index in [1.165, 1.54) is 21.6 Å². The lowest BCUT2D eigenvalue weighted by Crippen LogP contribution is -2.36. The Morgan fingerprint density at radius 1 is 1.03 bits per heavy atom. The van der Waals surface area contributed by atoms with E-state index in [0.717, 1.165) is 67.8 Å². The number of anilines is 1. The van der Waals surface area contributed by atoms with E-state index in [1.54, 1.807) is 22.7 Å². The van der Waals surface area contributed by atoms with Crippen molar-refractivity contribution in [1.29, 1.82) is 0 Å². The molecule has 1 aromatic carbocycles. The Balaban J connectivity index is 1.43. The van der Waals surface area contributed by atoms with Gasteiger partial charge in [0.05, 0.1) is 25.1 Å². The predicted molar refractivity (Wildman–Crippen MR) is 138 cm³/mol. The van der Waals surface area contributed by atoms with Gasteiger partial charge in [-0.15, -0.1) is 22.7 Å². The summed E-state index contributed by atoms with van der Waals surface area (Å²) in [5.74, 6) is 1.79. The maximum Gasteiger partial charge on any atom is 0.146 e. The van der Waals surface area contributed by atoms with E-state index in [0.29, 0.717) is 0 Å². The SMILES string of the molecule is CN(C)Cc1ccc(CNc2nc(CN3CCOCC3)nc3scc(-c4cccs4)c23)cc1. The average molecular weight is 480 g/mol. The number of hydrogen-bond acceptors (Lipinski definition) is 8. The number of thiophene rings is 2. The van der Waals surface area contributed by atoms with Crippen molar-refractivity contribution in [2.75, 3.05) is 45.7 Å². The molecule has 1 aliphatic rings. The summed E-state index contributed by atoms with van der Waals surface area (Å²) < 4.78 is 5.50. The van der Waals surface area contributed by atoms with Crippen LogP contribution in [0.15, 0.2) is 47.2 Å². The minimum atomic E-state index is 0.727. The van der Waals surface area contributed by atoms with Crippen molar-refractivity contribution in [3.8, 4) is 10.4 Å². The Morgan fingerprint density at radius 3 is 2.55 bits per heavy atom. The zero-order valence-corrected chi connectivity index (χ0v) is 20.7. The van der Waals surface area contributed by atoms with E-state index in [9.17, 15) is 0 Å². The molecular formula is C25H29N5OS2. The monoisotopic (exact) mass is 479 g/mol.